The Kier molecular flexibility index (Phi) is 7.74. The Bertz CT molecular complexity index is 753. The summed E-state index contributed by atoms with van der Waals surface area (Å²) in [5.74, 6) is -1.06. The van der Waals surface area contributed by atoms with E-state index >= 15 is 0 Å². The number of carbonyl (C=O) groups is 2. The van der Waals surface area contributed by atoms with Gasteiger partial charge in [-0.25, -0.2) is 4.39 Å². The number of nitrogens with zero attached hydrogens (tertiary/aromatic N) is 1. The van der Waals surface area contributed by atoms with Crippen molar-refractivity contribution in [1.82, 2.24) is 15.5 Å². The number of nitrogens with one attached hydrogen (secondary N) is 2. The molecule has 1 aromatic heterocycles. The van der Waals surface area contributed by atoms with Gasteiger partial charge in [-0.05, 0) is 70.6 Å². The van der Waals surface area contributed by atoms with Gasteiger partial charge in [0, 0.05) is 24.0 Å². The Morgan fingerprint density at radius 3 is 2.69 bits per heavy atom. The Labute approximate surface area is 164 Å². The fourth-order valence-corrected chi connectivity index (χ4v) is 3.55. The van der Waals surface area contributed by atoms with Crippen molar-refractivity contribution in [3.63, 3.8) is 0 Å². The third-order valence-corrected chi connectivity index (χ3v) is 5.25. The summed E-state index contributed by atoms with van der Waals surface area (Å²) >= 11 is 4.83. The first-order chi connectivity index (χ1) is 12.4. The summed E-state index contributed by atoms with van der Waals surface area (Å²) in [5.41, 5.74) is 1.36. The molecule has 1 unspecified atom stereocenters. The largest absolute Gasteiger partial charge is 0.354 e. The number of hydrogen-bond acceptors (Lipinski definition) is 4. The fraction of sp³-hybridized carbons (Fsp3) is 0.333. The molecule has 26 heavy (non-hydrogen) atoms. The van der Waals surface area contributed by atoms with Crippen molar-refractivity contribution in [2.75, 3.05) is 27.2 Å². The van der Waals surface area contributed by atoms with Crippen molar-refractivity contribution < 1.29 is 14.0 Å². The van der Waals surface area contributed by atoms with E-state index in [4.69, 9.17) is 0 Å². The first-order valence-electron chi connectivity index (χ1n) is 8.07. The average Bonchev–Trinajstić information content (AvgIpc) is 3.11. The lowest BCUT2D eigenvalue weighted by Gasteiger charge is -2.24. The minimum atomic E-state index is -0.487. The average molecular weight is 442 g/mol. The molecule has 1 aromatic carbocycles. The summed E-state index contributed by atoms with van der Waals surface area (Å²) in [4.78, 5) is 26.1. The van der Waals surface area contributed by atoms with Crippen LogP contribution in [0.4, 0.5) is 4.39 Å². The van der Waals surface area contributed by atoms with Crippen LogP contribution in [-0.4, -0.2) is 43.9 Å². The van der Waals surface area contributed by atoms with Crippen LogP contribution in [0.3, 0.4) is 0 Å². The van der Waals surface area contributed by atoms with E-state index in [0.717, 1.165) is 11.6 Å². The van der Waals surface area contributed by atoms with E-state index in [0.29, 0.717) is 11.0 Å². The summed E-state index contributed by atoms with van der Waals surface area (Å²) in [6.45, 7) is 0.671. The summed E-state index contributed by atoms with van der Waals surface area (Å²) in [7, 11) is 3.93. The highest BCUT2D eigenvalue weighted by Gasteiger charge is 2.16. The molecule has 1 heterocycles. The molecule has 0 spiro atoms. The second-order valence-electron chi connectivity index (χ2n) is 5.97. The second-order valence-corrected chi connectivity index (χ2v) is 7.60. The summed E-state index contributed by atoms with van der Waals surface area (Å²) in [5, 5.41) is 9.59. The van der Waals surface area contributed by atoms with Crippen LogP contribution < -0.4 is 10.6 Å². The van der Waals surface area contributed by atoms with Gasteiger partial charge < -0.3 is 15.5 Å². The van der Waals surface area contributed by atoms with Gasteiger partial charge in [0.25, 0.3) is 5.91 Å². The predicted molar refractivity (Wildman–Crippen MR) is 105 cm³/mol. The Morgan fingerprint density at radius 1 is 1.27 bits per heavy atom. The molecule has 0 bridgehead atoms. The van der Waals surface area contributed by atoms with Crippen molar-refractivity contribution in [2.24, 2.45) is 0 Å². The molecule has 2 N–H and O–H groups in total. The Morgan fingerprint density at radius 2 is 2.04 bits per heavy atom. The first kappa shape index (κ1) is 20.5. The van der Waals surface area contributed by atoms with Gasteiger partial charge in [-0.15, -0.1) is 0 Å². The van der Waals surface area contributed by atoms with Crippen LogP contribution in [0.5, 0.6) is 0 Å². The molecule has 0 radical (unpaired) electrons. The molecule has 8 heteroatoms. The van der Waals surface area contributed by atoms with E-state index in [1.165, 1.54) is 12.1 Å². The van der Waals surface area contributed by atoms with Crippen LogP contribution in [0, 0.1) is 5.82 Å². The topological polar surface area (TPSA) is 61.4 Å². The van der Waals surface area contributed by atoms with Crippen LogP contribution >= 0.6 is 27.3 Å². The highest BCUT2D eigenvalue weighted by atomic mass is 79.9. The van der Waals surface area contributed by atoms with E-state index in [1.54, 1.807) is 11.3 Å². The van der Waals surface area contributed by atoms with Crippen molar-refractivity contribution in [2.45, 2.75) is 12.5 Å². The summed E-state index contributed by atoms with van der Waals surface area (Å²) in [6, 6.07) is 6.04. The number of carbonyl (C=O) groups excluding carboxylic acids is 2. The smallest absolute Gasteiger partial charge is 0.252 e. The highest BCUT2D eigenvalue weighted by Crippen LogP contribution is 2.20. The van der Waals surface area contributed by atoms with Gasteiger partial charge in [-0.2, -0.15) is 11.3 Å². The molecular weight excluding hydrogens is 421 g/mol. The first-order valence-corrected chi connectivity index (χ1v) is 9.80. The SMILES string of the molecule is CN(C)C(CNC(=O)CCNC(=O)c1cc(F)ccc1Br)c1ccsc1. The van der Waals surface area contributed by atoms with Gasteiger partial charge in [0.1, 0.15) is 5.82 Å². The summed E-state index contributed by atoms with van der Waals surface area (Å²) < 4.78 is 13.8. The Hall–Kier alpha value is -1.77. The molecule has 2 rings (SSSR count). The fourth-order valence-electron chi connectivity index (χ4n) is 2.42. The van der Waals surface area contributed by atoms with Crippen LogP contribution in [0.25, 0.3) is 0 Å². The monoisotopic (exact) mass is 441 g/mol. The Balaban J connectivity index is 1.78. The van der Waals surface area contributed by atoms with Gasteiger partial charge in [-0.3, -0.25) is 9.59 Å². The molecule has 140 valence electrons. The zero-order valence-electron chi connectivity index (χ0n) is 14.6. The molecule has 0 aliphatic carbocycles. The number of halogens is 2. The maximum absolute atomic E-state index is 13.2. The molecule has 1 atom stereocenters. The maximum Gasteiger partial charge on any atom is 0.252 e. The number of thiophene rings is 1. The molecule has 0 fully saturated rings. The predicted octanol–water partition coefficient (Wildman–Crippen LogP) is 3.19. The zero-order valence-corrected chi connectivity index (χ0v) is 17.0. The third kappa shape index (κ3) is 5.89. The van der Waals surface area contributed by atoms with Crippen LogP contribution in [-0.2, 0) is 4.79 Å². The molecule has 0 aliphatic rings. The van der Waals surface area contributed by atoms with E-state index in [9.17, 15) is 14.0 Å². The number of hydrogen-bond donors (Lipinski definition) is 2. The maximum atomic E-state index is 13.2. The minimum absolute atomic E-state index is 0.100. The minimum Gasteiger partial charge on any atom is -0.354 e. The van der Waals surface area contributed by atoms with Crippen LogP contribution in [0.1, 0.15) is 28.4 Å². The molecule has 5 nitrogen and oxygen atoms in total. The third-order valence-electron chi connectivity index (χ3n) is 3.85. The summed E-state index contributed by atoms with van der Waals surface area (Å²) in [6.07, 6.45) is 0.155. The quantitative estimate of drug-likeness (QED) is 0.660. The number of likely N-dealkylation sites (N-methyl/N-ethyl adjacent to an activating group) is 1. The van der Waals surface area contributed by atoms with Gasteiger partial charge in [0.05, 0.1) is 11.6 Å². The second kappa shape index (κ2) is 9.80. The molecule has 0 saturated carbocycles. The highest BCUT2D eigenvalue weighted by molar-refractivity contribution is 9.10. The standard InChI is InChI=1S/C18H21BrFN3O2S/c1-23(2)16(12-6-8-26-11-12)10-22-17(24)5-7-21-18(25)14-9-13(20)3-4-15(14)19/h3-4,6,8-9,11,16H,5,7,10H2,1-2H3,(H,21,25)(H,22,24). The van der Waals surface area contributed by atoms with E-state index in [1.807, 2.05) is 30.4 Å². The molecular formula is C18H21BrFN3O2S. The van der Waals surface area contributed by atoms with Gasteiger partial charge >= 0.3 is 0 Å². The number of rotatable bonds is 8. The van der Waals surface area contributed by atoms with Gasteiger partial charge in [0.15, 0.2) is 0 Å². The lowest BCUT2D eigenvalue weighted by molar-refractivity contribution is -0.121. The molecule has 2 aromatic rings. The van der Waals surface area contributed by atoms with Gasteiger partial charge in [0.2, 0.25) is 5.91 Å². The van der Waals surface area contributed by atoms with Crippen molar-refractivity contribution in [1.29, 1.82) is 0 Å². The van der Waals surface area contributed by atoms with Gasteiger partial charge in [-0.1, -0.05) is 0 Å². The van der Waals surface area contributed by atoms with E-state index in [-0.39, 0.29) is 30.5 Å². The molecule has 0 aliphatic heterocycles. The lowest BCUT2D eigenvalue weighted by atomic mass is 10.1. The normalized spacial score (nSPS) is 12.0. The number of benzene rings is 1. The van der Waals surface area contributed by atoms with Crippen molar-refractivity contribution >= 4 is 39.1 Å². The van der Waals surface area contributed by atoms with E-state index < -0.39 is 11.7 Å². The molecule has 0 saturated heterocycles. The van der Waals surface area contributed by atoms with E-state index in [2.05, 4.69) is 31.9 Å². The van der Waals surface area contributed by atoms with Crippen molar-refractivity contribution in [3.8, 4) is 0 Å². The van der Waals surface area contributed by atoms with Crippen LogP contribution in [0.15, 0.2) is 39.5 Å². The molecule has 2 amide bonds. The van der Waals surface area contributed by atoms with Crippen LogP contribution in [0.2, 0.25) is 0 Å². The zero-order chi connectivity index (χ0) is 19.1. The van der Waals surface area contributed by atoms with Crippen molar-refractivity contribution in [3.05, 3.63) is 56.4 Å². The lowest BCUT2D eigenvalue weighted by Crippen LogP contribution is -2.36. The number of amides is 2.